The van der Waals surface area contributed by atoms with E-state index in [2.05, 4.69) is 20.8 Å². The average Bonchev–Trinajstić information content (AvgIpc) is 3.15. The van der Waals surface area contributed by atoms with Gasteiger partial charge in [0.05, 0.1) is 17.6 Å². The second kappa shape index (κ2) is 6.19. The maximum Gasteiger partial charge on any atom is 0.214 e. The highest BCUT2D eigenvalue weighted by Gasteiger charge is 2.80. The van der Waals surface area contributed by atoms with Crippen LogP contribution in [-0.2, 0) is 19.1 Å². The lowest BCUT2D eigenvalue weighted by atomic mass is 9.64. The maximum atomic E-state index is 14.0. The van der Waals surface area contributed by atoms with Gasteiger partial charge in [-0.3, -0.25) is 9.59 Å². The number of allylic oxidation sites excluding steroid dienone is 2. The van der Waals surface area contributed by atoms with Gasteiger partial charge in [-0.25, -0.2) is 0 Å². The molecular formula is C24H34O5. The van der Waals surface area contributed by atoms with E-state index in [4.69, 9.17) is 9.47 Å². The van der Waals surface area contributed by atoms with Crippen molar-refractivity contribution in [3.8, 4) is 0 Å². The fourth-order valence-corrected chi connectivity index (χ4v) is 7.08. The zero-order chi connectivity index (χ0) is 21.5. The molecule has 0 bridgehead atoms. The summed E-state index contributed by atoms with van der Waals surface area (Å²) in [6, 6.07) is 0. The summed E-state index contributed by atoms with van der Waals surface area (Å²) < 4.78 is 12.0. The van der Waals surface area contributed by atoms with Crippen LogP contribution in [0.2, 0.25) is 0 Å². The Balaban J connectivity index is 1.92. The highest BCUT2D eigenvalue weighted by Crippen LogP contribution is 2.76. The first-order valence-electron chi connectivity index (χ1n) is 11.0. The van der Waals surface area contributed by atoms with E-state index >= 15 is 0 Å². The van der Waals surface area contributed by atoms with Gasteiger partial charge < -0.3 is 14.6 Å². The SMILES string of the molecule is CC(C)OC1=C(OC(C)C)[C@@]2(O)CC[C@@H]3C[C@]4(C)C(=CC(=O)[C@H]4C(C)C)[C@@]32C1=O. The molecular weight excluding hydrogens is 368 g/mol. The number of fused-ring (bicyclic) bond motifs is 1. The largest absolute Gasteiger partial charge is 0.488 e. The summed E-state index contributed by atoms with van der Waals surface area (Å²) in [6.45, 7) is 13.8. The monoisotopic (exact) mass is 402 g/mol. The molecule has 2 fully saturated rings. The lowest BCUT2D eigenvalue weighted by molar-refractivity contribution is -0.134. The molecule has 5 nitrogen and oxygen atoms in total. The van der Waals surface area contributed by atoms with Gasteiger partial charge >= 0.3 is 0 Å². The Kier molecular flexibility index (Phi) is 4.41. The fraction of sp³-hybridized carbons (Fsp3) is 0.750. The molecule has 0 aromatic rings. The van der Waals surface area contributed by atoms with E-state index in [9.17, 15) is 14.7 Å². The van der Waals surface area contributed by atoms with Crippen LogP contribution >= 0.6 is 0 Å². The maximum absolute atomic E-state index is 14.0. The summed E-state index contributed by atoms with van der Waals surface area (Å²) in [5.41, 5.74) is -2.17. The van der Waals surface area contributed by atoms with Crippen molar-refractivity contribution < 1.29 is 24.2 Å². The smallest absolute Gasteiger partial charge is 0.214 e. The summed E-state index contributed by atoms with van der Waals surface area (Å²) >= 11 is 0. The Morgan fingerprint density at radius 3 is 2.24 bits per heavy atom. The Labute approximate surface area is 173 Å². The van der Waals surface area contributed by atoms with Crippen molar-refractivity contribution in [2.75, 3.05) is 0 Å². The predicted octanol–water partition coefficient (Wildman–Crippen LogP) is 3.95. The van der Waals surface area contributed by atoms with Gasteiger partial charge in [-0.1, -0.05) is 20.8 Å². The standard InChI is InChI=1S/C24H34O5/c1-12(2)18-16(25)10-17-22(18,7)11-15-8-9-23(27)21(29-14(5)6)19(28-13(3)4)20(26)24(15,17)23/h10,12-15,18,27H,8-9,11H2,1-7H3/t15-,18-,22-,23+,24-/m1/s1. The number of ketones is 2. The van der Waals surface area contributed by atoms with E-state index in [1.807, 2.05) is 27.7 Å². The quantitative estimate of drug-likeness (QED) is 0.754. The van der Waals surface area contributed by atoms with Crippen molar-refractivity contribution in [3.63, 3.8) is 0 Å². The molecule has 29 heavy (non-hydrogen) atoms. The number of aliphatic hydroxyl groups is 1. The van der Waals surface area contributed by atoms with Crippen LogP contribution in [0.25, 0.3) is 0 Å². The molecule has 0 saturated heterocycles. The fourth-order valence-electron chi connectivity index (χ4n) is 7.08. The molecule has 2 saturated carbocycles. The third-order valence-electron chi connectivity index (χ3n) is 7.63. The first kappa shape index (κ1) is 20.6. The van der Waals surface area contributed by atoms with E-state index in [0.717, 1.165) is 18.4 Å². The minimum atomic E-state index is -1.45. The van der Waals surface area contributed by atoms with Gasteiger partial charge in [0.15, 0.2) is 11.5 Å². The molecule has 0 aromatic carbocycles. The van der Waals surface area contributed by atoms with Crippen LogP contribution in [-0.4, -0.2) is 34.5 Å². The molecule has 1 N–H and O–H groups in total. The van der Waals surface area contributed by atoms with Gasteiger partial charge in [-0.2, -0.15) is 0 Å². The van der Waals surface area contributed by atoms with Crippen molar-refractivity contribution in [2.24, 2.45) is 28.6 Å². The molecule has 0 aromatic heterocycles. The van der Waals surface area contributed by atoms with Crippen LogP contribution in [0.3, 0.4) is 0 Å². The first-order chi connectivity index (χ1) is 13.4. The first-order valence-corrected chi connectivity index (χ1v) is 11.0. The molecule has 4 aliphatic carbocycles. The molecule has 0 amide bonds. The Bertz CT molecular complexity index is 834. The molecule has 4 aliphatic rings. The van der Waals surface area contributed by atoms with E-state index in [0.29, 0.717) is 6.42 Å². The van der Waals surface area contributed by atoms with Gasteiger partial charge in [0.25, 0.3) is 0 Å². The highest BCUT2D eigenvalue weighted by molar-refractivity contribution is 6.10. The number of ether oxygens (including phenoxy) is 2. The van der Waals surface area contributed by atoms with Crippen molar-refractivity contribution in [3.05, 3.63) is 23.2 Å². The lowest BCUT2D eigenvalue weighted by Crippen LogP contribution is -2.49. The summed E-state index contributed by atoms with van der Waals surface area (Å²) in [6.07, 6.45) is 3.21. The molecule has 0 aliphatic heterocycles. The highest BCUT2D eigenvalue weighted by atomic mass is 16.5. The topological polar surface area (TPSA) is 72.8 Å². The summed E-state index contributed by atoms with van der Waals surface area (Å²) in [5.74, 6) is 0.331. The van der Waals surface area contributed by atoms with Gasteiger partial charge in [0, 0.05) is 11.3 Å². The van der Waals surface area contributed by atoms with Crippen LogP contribution in [0.15, 0.2) is 23.2 Å². The van der Waals surface area contributed by atoms with Crippen LogP contribution in [0.5, 0.6) is 0 Å². The normalized spacial score (nSPS) is 40.9. The zero-order valence-corrected chi connectivity index (χ0v) is 18.7. The number of hydrogen-bond donors (Lipinski definition) is 1. The number of rotatable bonds is 5. The van der Waals surface area contributed by atoms with Gasteiger partial charge in [0.1, 0.15) is 5.60 Å². The minimum absolute atomic E-state index is 0.00961. The predicted molar refractivity (Wildman–Crippen MR) is 109 cm³/mol. The molecule has 0 radical (unpaired) electrons. The van der Waals surface area contributed by atoms with E-state index in [1.165, 1.54) is 0 Å². The van der Waals surface area contributed by atoms with Crippen LogP contribution in [0.1, 0.15) is 67.7 Å². The summed E-state index contributed by atoms with van der Waals surface area (Å²) in [5, 5.41) is 12.1. The van der Waals surface area contributed by atoms with Gasteiger partial charge in [-0.15, -0.1) is 0 Å². The van der Waals surface area contributed by atoms with E-state index in [-0.39, 0.29) is 53.0 Å². The van der Waals surface area contributed by atoms with Crippen molar-refractivity contribution in [2.45, 2.75) is 85.5 Å². The van der Waals surface area contributed by atoms with Crippen LogP contribution < -0.4 is 0 Å². The molecule has 5 atom stereocenters. The average molecular weight is 403 g/mol. The lowest BCUT2D eigenvalue weighted by Gasteiger charge is -2.40. The summed E-state index contributed by atoms with van der Waals surface area (Å²) in [7, 11) is 0. The molecule has 160 valence electrons. The number of Topliss-reactive ketones (excluding diaryl/α,β-unsaturated/α-hetero) is 1. The number of carbonyl (C=O) groups excluding carboxylic acids is 2. The number of hydrogen-bond acceptors (Lipinski definition) is 5. The molecule has 0 heterocycles. The molecule has 4 rings (SSSR count). The summed E-state index contributed by atoms with van der Waals surface area (Å²) in [4.78, 5) is 27.0. The third-order valence-corrected chi connectivity index (χ3v) is 7.63. The Morgan fingerprint density at radius 2 is 1.69 bits per heavy atom. The van der Waals surface area contributed by atoms with Crippen molar-refractivity contribution in [1.29, 1.82) is 0 Å². The zero-order valence-electron chi connectivity index (χ0n) is 18.7. The van der Waals surface area contributed by atoms with E-state index in [1.54, 1.807) is 6.08 Å². The van der Waals surface area contributed by atoms with Gasteiger partial charge in [0.2, 0.25) is 11.5 Å². The number of carbonyl (C=O) groups is 2. The van der Waals surface area contributed by atoms with Crippen molar-refractivity contribution in [1.82, 2.24) is 0 Å². The molecule has 0 unspecified atom stereocenters. The second-order valence-electron chi connectivity index (χ2n) is 10.5. The van der Waals surface area contributed by atoms with Gasteiger partial charge in [-0.05, 0) is 70.4 Å². The Hall–Kier alpha value is -1.62. The molecule has 1 spiro atoms. The van der Waals surface area contributed by atoms with Crippen molar-refractivity contribution >= 4 is 11.6 Å². The third kappa shape index (κ3) is 2.31. The second-order valence-corrected chi connectivity index (χ2v) is 10.5. The Morgan fingerprint density at radius 1 is 1.07 bits per heavy atom. The van der Waals surface area contributed by atoms with Crippen LogP contribution in [0, 0.1) is 28.6 Å². The van der Waals surface area contributed by atoms with E-state index < -0.39 is 16.4 Å². The molecule has 5 heteroatoms. The minimum Gasteiger partial charge on any atom is -0.488 e. The van der Waals surface area contributed by atoms with Crippen LogP contribution in [0.4, 0.5) is 0 Å².